The number of rotatable bonds is 3. The van der Waals surface area contributed by atoms with E-state index >= 15 is 0 Å². The number of aromatic amines is 1. The molecule has 1 aliphatic carbocycles. The molecule has 26 heavy (non-hydrogen) atoms. The van der Waals surface area contributed by atoms with Crippen molar-refractivity contribution in [3.05, 3.63) is 27.6 Å². The molecule has 2 aliphatic rings. The second-order valence-electron chi connectivity index (χ2n) is 6.82. The first-order chi connectivity index (χ1) is 12.1. The van der Waals surface area contributed by atoms with E-state index in [0.717, 1.165) is 32.4 Å². The van der Waals surface area contributed by atoms with Gasteiger partial charge in [0.1, 0.15) is 10.5 Å². The SMILES string of the molecule is CN(Cc1nc2ccsc2c(=O)[nH]1)C(=O)[C@H]1CC[C@H]2OCCN[C@@H]2C1.Cl. The van der Waals surface area contributed by atoms with Crippen molar-refractivity contribution in [1.82, 2.24) is 20.2 Å². The molecule has 3 heterocycles. The topological polar surface area (TPSA) is 87.3 Å². The van der Waals surface area contributed by atoms with E-state index in [9.17, 15) is 9.59 Å². The number of hydrogen-bond donors (Lipinski definition) is 2. The zero-order chi connectivity index (χ0) is 17.4. The fourth-order valence-electron chi connectivity index (χ4n) is 3.85. The fraction of sp³-hybridized carbons (Fsp3) is 0.588. The predicted octanol–water partition coefficient (Wildman–Crippen LogP) is 1.52. The number of H-pyrrole nitrogens is 1. The summed E-state index contributed by atoms with van der Waals surface area (Å²) in [5.41, 5.74) is 0.550. The van der Waals surface area contributed by atoms with Crippen LogP contribution in [-0.4, -0.2) is 53.1 Å². The molecule has 9 heteroatoms. The van der Waals surface area contributed by atoms with E-state index in [2.05, 4.69) is 15.3 Å². The molecule has 1 amide bonds. The van der Waals surface area contributed by atoms with Crippen molar-refractivity contribution in [2.24, 2.45) is 5.92 Å². The Morgan fingerprint density at radius 1 is 1.46 bits per heavy atom. The molecule has 0 bridgehead atoms. The summed E-state index contributed by atoms with van der Waals surface area (Å²) in [7, 11) is 1.77. The Morgan fingerprint density at radius 2 is 2.31 bits per heavy atom. The Hall–Kier alpha value is -1.48. The Bertz CT molecular complexity index is 839. The number of thiophene rings is 1. The standard InChI is InChI=1S/C17H22N4O3S.ClH/c1-21(9-14-19-11-4-7-25-15(11)16(22)20-14)17(23)10-2-3-13-12(8-10)18-5-6-24-13;/h4,7,10,12-13,18H,2-3,5-6,8-9H2,1H3,(H,19,20,22);1H/t10-,12+,13+;/m0./s1. The fourth-order valence-corrected chi connectivity index (χ4v) is 4.57. The van der Waals surface area contributed by atoms with E-state index < -0.39 is 0 Å². The molecule has 3 atom stereocenters. The van der Waals surface area contributed by atoms with Gasteiger partial charge in [-0.05, 0) is 30.7 Å². The molecule has 0 spiro atoms. The van der Waals surface area contributed by atoms with Crippen molar-refractivity contribution in [3.8, 4) is 0 Å². The molecule has 2 aromatic rings. The molecule has 2 fully saturated rings. The van der Waals surface area contributed by atoms with Gasteiger partial charge in [0.05, 0.1) is 24.8 Å². The molecule has 1 aliphatic heterocycles. The van der Waals surface area contributed by atoms with E-state index in [1.165, 1.54) is 11.3 Å². The number of amides is 1. The van der Waals surface area contributed by atoms with Gasteiger partial charge in [-0.1, -0.05) is 0 Å². The number of carbonyl (C=O) groups excluding carboxylic acids is 1. The van der Waals surface area contributed by atoms with Crippen LogP contribution in [0.3, 0.4) is 0 Å². The van der Waals surface area contributed by atoms with Crippen LogP contribution in [0.4, 0.5) is 0 Å². The summed E-state index contributed by atoms with van der Waals surface area (Å²) in [5, 5.41) is 5.32. The van der Waals surface area contributed by atoms with Gasteiger partial charge in [0.25, 0.3) is 5.56 Å². The summed E-state index contributed by atoms with van der Waals surface area (Å²) >= 11 is 1.38. The van der Waals surface area contributed by atoms with Crippen molar-refractivity contribution in [2.45, 2.75) is 38.0 Å². The minimum absolute atomic E-state index is 0. The van der Waals surface area contributed by atoms with Gasteiger partial charge in [-0.25, -0.2) is 4.98 Å². The highest BCUT2D eigenvalue weighted by atomic mass is 35.5. The second kappa shape index (κ2) is 8.04. The van der Waals surface area contributed by atoms with E-state index in [1.807, 2.05) is 11.4 Å². The summed E-state index contributed by atoms with van der Waals surface area (Å²) < 4.78 is 6.40. The van der Waals surface area contributed by atoms with Gasteiger partial charge in [0, 0.05) is 25.6 Å². The first-order valence-electron chi connectivity index (χ1n) is 8.68. The minimum atomic E-state index is -0.139. The number of nitrogens with one attached hydrogen (secondary N) is 2. The molecule has 1 saturated heterocycles. The van der Waals surface area contributed by atoms with Gasteiger partial charge in [-0.3, -0.25) is 9.59 Å². The van der Waals surface area contributed by atoms with Crippen LogP contribution in [0, 0.1) is 5.92 Å². The average molecular weight is 399 g/mol. The second-order valence-corrected chi connectivity index (χ2v) is 7.74. The van der Waals surface area contributed by atoms with Crippen LogP contribution in [-0.2, 0) is 16.1 Å². The number of aromatic nitrogens is 2. The largest absolute Gasteiger partial charge is 0.375 e. The summed E-state index contributed by atoms with van der Waals surface area (Å²) in [6.07, 6.45) is 2.81. The Balaban J connectivity index is 0.00000196. The Labute approximate surface area is 161 Å². The van der Waals surface area contributed by atoms with E-state index in [1.54, 1.807) is 11.9 Å². The number of ether oxygens (including phenoxy) is 1. The number of carbonyl (C=O) groups is 1. The lowest BCUT2D eigenvalue weighted by Gasteiger charge is -2.40. The minimum Gasteiger partial charge on any atom is -0.375 e. The molecule has 0 radical (unpaired) electrons. The van der Waals surface area contributed by atoms with Gasteiger partial charge in [0.2, 0.25) is 5.91 Å². The highest BCUT2D eigenvalue weighted by Crippen LogP contribution is 2.29. The van der Waals surface area contributed by atoms with Crippen molar-refractivity contribution in [2.75, 3.05) is 20.2 Å². The molecule has 4 rings (SSSR count). The average Bonchev–Trinajstić information content (AvgIpc) is 3.09. The highest BCUT2D eigenvalue weighted by Gasteiger charge is 2.36. The monoisotopic (exact) mass is 398 g/mol. The van der Waals surface area contributed by atoms with Crippen molar-refractivity contribution in [1.29, 1.82) is 0 Å². The van der Waals surface area contributed by atoms with Gasteiger partial charge in [-0.2, -0.15) is 0 Å². The summed E-state index contributed by atoms with van der Waals surface area (Å²) in [5.74, 6) is 0.635. The number of fused-ring (bicyclic) bond motifs is 2. The lowest BCUT2D eigenvalue weighted by Crippen LogP contribution is -2.53. The maximum atomic E-state index is 12.8. The first kappa shape index (κ1) is 19.3. The van der Waals surface area contributed by atoms with Gasteiger partial charge in [-0.15, -0.1) is 23.7 Å². The lowest BCUT2D eigenvalue weighted by atomic mass is 9.82. The quantitative estimate of drug-likeness (QED) is 0.818. The van der Waals surface area contributed by atoms with Crippen LogP contribution in [0.5, 0.6) is 0 Å². The van der Waals surface area contributed by atoms with Crippen LogP contribution < -0.4 is 10.9 Å². The molecular weight excluding hydrogens is 376 g/mol. The van der Waals surface area contributed by atoms with E-state index in [4.69, 9.17) is 4.74 Å². The molecule has 0 aromatic carbocycles. The number of nitrogens with zero attached hydrogens (tertiary/aromatic N) is 2. The maximum Gasteiger partial charge on any atom is 0.268 e. The first-order valence-corrected chi connectivity index (χ1v) is 9.56. The smallest absolute Gasteiger partial charge is 0.268 e. The summed E-state index contributed by atoms with van der Waals surface area (Å²) in [6.45, 7) is 1.92. The van der Waals surface area contributed by atoms with Gasteiger partial charge in [0.15, 0.2) is 0 Å². The molecule has 2 aromatic heterocycles. The van der Waals surface area contributed by atoms with Crippen LogP contribution in [0.1, 0.15) is 25.1 Å². The normalized spacial score (nSPS) is 25.3. The Morgan fingerprint density at radius 3 is 3.15 bits per heavy atom. The zero-order valence-electron chi connectivity index (χ0n) is 14.6. The number of halogens is 1. The molecule has 142 valence electrons. The van der Waals surface area contributed by atoms with Crippen molar-refractivity contribution >= 4 is 39.9 Å². The lowest BCUT2D eigenvalue weighted by molar-refractivity contribution is -0.138. The number of morpholine rings is 1. The van der Waals surface area contributed by atoms with Crippen LogP contribution in [0.2, 0.25) is 0 Å². The molecule has 7 nitrogen and oxygen atoms in total. The third kappa shape index (κ3) is 3.78. The van der Waals surface area contributed by atoms with Gasteiger partial charge < -0.3 is 19.9 Å². The third-order valence-electron chi connectivity index (χ3n) is 5.10. The third-order valence-corrected chi connectivity index (χ3v) is 6.01. The summed E-state index contributed by atoms with van der Waals surface area (Å²) in [4.78, 5) is 33.8. The van der Waals surface area contributed by atoms with Crippen LogP contribution in [0.25, 0.3) is 10.2 Å². The van der Waals surface area contributed by atoms with Crippen molar-refractivity contribution in [3.63, 3.8) is 0 Å². The van der Waals surface area contributed by atoms with E-state index in [0.29, 0.717) is 22.6 Å². The Kier molecular flexibility index (Phi) is 5.96. The van der Waals surface area contributed by atoms with Crippen molar-refractivity contribution < 1.29 is 9.53 Å². The predicted molar refractivity (Wildman–Crippen MR) is 103 cm³/mol. The number of hydrogen-bond acceptors (Lipinski definition) is 6. The molecule has 1 saturated carbocycles. The molecular formula is C17H23ClN4O3S. The molecule has 2 N–H and O–H groups in total. The zero-order valence-corrected chi connectivity index (χ0v) is 16.2. The van der Waals surface area contributed by atoms with E-state index in [-0.39, 0.29) is 41.9 Å². The van der Waals surface area contributed by atoms with Gasteiger partial charge >= 0.3 is 0 Å². The van der Waals surface area contributed by atoms with Crippen LogP contribution in [0.15, 0.2) is 16.2 Å². The highest BCUT2D eigenvalue weighted by molar-refractivity contribution is 7.17. The summed E-state index contributed by atoms with van der Waals surface area (Å²) in [6, 6.07) is 2.10. The molecule has 0 unspecified atom stereocenters. The maximum absolute atomic E-state index is 12.8. The van der Waals surface area contributed by atoms with Crippen LogP contribution >= 0.6 is 23.7 Å².